The van der Waals surface area contributed by atoms with Crippen molar-refractivity contribution in [3.05, 3.63) is 65.7 Å². The molecule has 25 heavy (non-hydrogen) atoms. The number of amides is 1. The summed E-state index contributed by atoms with van der Waals surface area (Å²) in [7, 11) is 0. The van der Waals surface area contributed by atoms with Gasteiger partial charge >= 0.3 is 6.09 Å². The second kappa shape index (κ2) is 8.53. The van der Waals surface area contributed by atoms with Crippen LogP contribution in [0.5, 0.6) is 5.75 Å². The molecule has 0 fully saturated rings. The monoisotopic (exact) mass is 343 g/mol. The van der Waals surface area contributed by atoms with Gasteiger partial charge < -0.3 is 19.9 Å². The normalized spacial score (nSPS) is 12.3. The van der Waals surface area contributed by atoms with Crippen molar-refractivity contribution in [3.8, 4) is 5.75 Å². The highest BCUT2D eigenvalue weighted by molar-refractivity contribution is 5.67. The third-order valence-electron chi connectivity index (χ3n) is 3.33. The zero-order chi connectivity index (χ0) is 18.3. The molecule has 0 saturated carbocycles. The molecule has 0 bridgehead atoms. The summed E-state index contributed by atoms with van der Waals surface area (Å²) in [5.41, 5.74) is 1.17. The summed E-state index contributed by atoms with van der Waals surface area (Å²) in [5.74, 6) is 0.665. The van der Waals surface area contributed by atoms with Crippen LogP contribution in [0.25, 0.3) is 0 Å². The minimum atomic E-state index is -0.840. The Balaban J connectivity index is 1.88. The number of benzene rings is 2. The SMILES string of the molecule is CC(C)(C)OC(=O)NC[C@H](O)c1cccc(OCc2ccccc2)c1. The van der Waals surface area contributed by atoms with Gasteiger partial charge in [-0.3, -0.25) is 0 Å². The van der Waals surface area contributed by atoms with Crippen LogP contribution in [0.15, 0.2) is 54.6 Å². The molecule has 5 heteroatoms. The Hall–Kier alpha value is -2.53. The maximum absolute atomic E-state index is 11.7. The Morgan fingerprint density at radius 3 is 2.52 bits per heavy atom. The number of aliphatic hydroxyl groups excluding tert-OH is 1. The van der Waals surface area contributed by atoms with Crippen molar-refractivity contribution >= 4 is 6.09 Å². The molecular weight excluding hydrogens is 318 g/mol. The number of hydrogen-bond acceptors (Lipinski definition) is 4. The first-order chi connectivity index (χ1) is 11.8. The van der Waals surface area contributed by atoms with Gasteiger partial charge in [0.25, 0.3) is 0 Å². The van der Waals surface area contributed by atoms with Crippen molar-refractivity contribution in [1.82, 2.24) is 5.32 Å². The summed E-state index contributed by atoms with van der Waals surface area (Å²) in [4.78, 5) is 11.7. The predicted octanol–water partition coefficient (Wildman–Crippen LogP) is 3.82. The number of nitrogens with one attached hydrogen (secondary N) is 1. The minimum absolute atomic E-state index is 0.0665. The van der Waals surface area contributed by atoms with Crippen LogP contribution in [0.4, 0.5) is 4.79 Å². The first kappa shape index (κ1) is 18.8. The second-order valence-corrected chi connectivity index (χ2v) is 6.75. The van der Waals surface area contributed by atoms with Crippen LogP contribution < -0.4 is 10.1 Å². The number of carbonyl (C=O) groups excluding carboxylic acids is 1. The third-order valence-corrected chi connectivity index (χ3v) is 3.33. The molecule has 0 aliphatic rings. The van der Waals surface area contributed by atoms with Crippen LogP contribution in [-0.4, -0.2) is 23.3 Å². The van der Waals surface area contributed by atoms with Crippen LogP contribution in [0.1, 0.15) is 38.0 Å². The first-order valence-electron chi connectivity index (χ1n) is 8.25. The van der Waals surface area contributed by atoms with Crippen molar-refractivity contribution in [3.63, 3.8) is 0 Å². The van der Waals surface area contributed by atoms with E-state index in [-0.39, 0.29) is 6.54 Å². The largest absolute Gasteiger partial charge is 0.489 e. The molecule has 0 radical (unpaired) electrons. The Morgan fingerprint density at radius 2 is 1.84 bits per heavy atom. The van der Waals surface area contributed by atoms with Crippen LogP contribution >= 0.6 is 0 Å². The maximum atomic E-state index is 11.7. The van der Waals surface area contributed by atoms with E-state index >= 15 is 0 Å². The van der Waals surface area contributed by atoms with Gasteiger partial charge in [-0.15, -0.1) is 0 Å². The number of rotatable bonds is 6. The van der Waals surface area contributed by atoms with Crippen LogP contribution in [-0.2, 0) is 11.3 Å². The van der Waals surface area contributed by atoms with Crippen molar-refractivity contribution < 1.29 is 19.4 Å². The summed E-state index contributed by atoms with van der Waals surface area (Å²) in [6.45, 7) is 5.89. The zero-order valence-corrected chi connectivity index (χ0v) is 14.9. The number of alkyl carbamates (subject to hydrolysis) is 1. The molecule has 0 spiro atoms. The topological polar surface area (TPSA) is 67.8 Å². The van der Waals surface area contributed by atoms with Crippen molar-refractivity contribution in [2.75, 3.05) is 6.54 Å². The lowest BCUT2D eigenvalue weighted by Crippen LogP contribution is -2.34. The predicted molar refractivity (Wildman–Crippen MR) is 96.4 cm³/mol. The summed E-state index contributed by atoms with van der Waals surface area (Å²) in [6, 6.07) is 17.1. The minimum Gasteiger partial charge on any atom is -0.489 e. The summed E-state index contributed by atoms with van der Waals surface area (Å²) in [5, 5.41) is 12.8. The fraction of sp³-hybridized carbons (Fsp3) is 0.350. The van der Waals surface area contributed by atoms with Gasteiger partial charge in [0.2, 0.25) is 0 Å². The summed E-state index contributed by atoms with van der Waals surface area (Å²) < 4.78 is 10.9. The molecule has 2 N–H and O–H groups in total. The molecule has 0 aromatic heterocycles. The molecule has 0 saturated heterocycles. The van der Waals surface area contributed by atoms with E-state index in [1.807, 2.05) is 42.5 Å². The van der Waals surface area contributed by atoms with Gasteiger partial charge in [0, 0.05) is 0 Å². The van der Waals surface area contributed by atoms with Gasteiger partial charge in [-0.2, -0.15) is 0 Å². The zero-order valence-electron chi connectivity index (χ0n) is 14.9. The molecule has 5 nitrogen and oxygen atoms in total. The molecule has 0 unspecified atom stereocenters. The fourth-order valence-electron chi connectivity index (χ4n) is 2.16. The molecule has 1 amide bonds. The van der Waals surface area contributed by atoms with Crippen molar-refractivity contribution in [1.29, 1.82) is 0 Å². The molecule has 2 aromatic carbocycles. The Kier molecular flexibility index (Phi) is 6.42. The molecule has 2 aromatic rings. The van der Waals surface area contributed by atoms with Crippen LogP contribution in [0.3, 0.4) is 0 Å². The average molecular weight is 343 g/mol. The van der Waals surface area contributed by atoms with Gasteiger partial charge in [0.05, 0.1) is 12.6 Å². The quantitative estimate of drug-likeness (QED) is 0.836. The van der Waals surface area contributed by atoms with E-state index in [9.17, 15) is 9.90 Å². The van der Waals surface area contributed by atoms with E-state index < -0.39 is 17.8 Å². The van der Waals surface area contributed by atoms with Crippen molar-refractivity contribution in [2.45, 2.75) is 39.1 Å². The van der Waals surface area contributed by atoms with Gasteiger partial charge in [-0.25, -0.2) is 4.79 Å². The number of aliphatic hydroxyl groups is 1. The average Bonchev–Trinajstić information content (AvgIpc) is 2.57. The van der Waals surface area contributed by atoms with E-state index in [1.165, 1.54) is 0 Å². The molecule has 1 atom stereocenters. The van der Waals surface area contributed by atoms with E-state index in [4.69, 9.17) is 9.47 Å². The van der Waals surface area contributed by atoms with Crippen LogP contribution in [0, 0.1) is 0 Å². The third kappa shape index (κ3) is 6.85. The second-order valence-electron chi connectivity index (χ2n) is 6.75. The van der Waals surface area contributed by atoms with Gasteiger partial charge in [-0.1, -0.05) is 42.5 Å². The standard InChI is InChI=1S/C20H25NO4/c1-20(2,3)25-19(23)21-13-18(22)16-10-7-11-17(12-16)24-14-15-8-5-4-6-9-15/h4-12,18,22H,13-14H2,1-3H3,(H,21,23)/t18-/m0/s1. The lowest BCUT2D eigenvalue weighted by molar-refractivity contribution is 0.0491. The van der Waals surface area contributed by atoms with E-state index in [2.05, 4.69) is 5.32 Å². The molecular formula is C20H25NO4. The summed E-state index contributed by atoms with van der Waals surface area (Å²) >= 11 is 0. The Morgan fingerprint density at radius 1 is 1.12 bits per heavy atom. The smallest absolute Gasteiger partial charge is 0.407 e. The Bertz CT molecular complexity index is 680. The first-order valence-corrected chi connectivity index (χ1v) is 8.25. The Labute approximate surface area is 148 Å². The van der Waals surface area contributed by atoms with Gasteiger partial charge in [0.1, 0.15) is 18.0 Å². The lowest BCUT2D eigenvalue weighted by Gasteiger charge is -2.20. The molecule has 2 rings (SSSR count). The lowest BCUT2D eigenvalue weighted by atomic mass is 10.1. The highest BCUT2D eigenvalue weighted by Gasteiger charge is 2.17. The highest BCUT2D eigenvalue weighted by atomic mass is 16.6. The maximum Gasteiger partial charge on any atom is 0.407 e. The fourth-order valence-corrected chi connectivity index (χ4v) is 2.16. The van der Waals surface area contributed by atoms with Gasteiger partial charge in [0.15, 0.2) is 0 Å². The molecule has 134 valence electrons. The molecule has 0 heterocycles. The van der Waals surface area contributed by atoms with Gasteiger partial charge in [-0.05, 0) is 44.0 Å². The molecule has 0 aliphatic carbocycles. The van der Waals surface area contributed by atoms with E-state index in [0.29, 0.717) is 17.9 Å². The van der Waals surface area contributed by atoms with E-state index in [0.717, 1.165) is 5.56 Å². The van der Waals surface area contributed by atoms with Crippen LogP contribution in [0.2, 0.25) is 0 Å². The number of ether oxygens (including phenoxy) is 2. The highest BCUT2D eigenvalue weighted by Crippen LogP contribution is 2.20. The number of carbonyl (C=O) groups is 1. The van der Waals surface area contributed by atoms with E-state index in [1.54, 1.807) is 32.9 Å². The number of hydrogen-bond donors (Lipinski definition) is 2. The molecule has 0 aliphatic heterocycles. The summed E-state index contributed by atoms with van der Waals surface area (Å²) in [6.07, 6.45) is -1.39. The van der Waals surface area contributed by atoms with Crippen molar-refractivity contribution in [2.24, 2.45) is 0 Å².